The van der Waals surface area contributed by atoms with Crippen LogP contribution in [0.15, 0.2) is 23.1 Å². The number of nitrogens with one attached hydrogen (secondary N) is 1. The highest BCUT2D eigenvalue weighted by Crippen LogP contribution is 2.27. The molecule has 4 heterocycles. The average Bonchev–Trinajstić information content (AvgIpc) is 2.91. The van der Waals surface area contributed by atoms with E-state index in [-0.39, 0.29) is 11.7 Å². The standard InChI is InChI=1S/C18H26N4O2/c1-13-11-14(6-10-24-13)12-21-8-4-15(5-9-21)22-17-16(20-18(22)23)3-2-7-19-17/h2-3,7,13-15H,4-6,8-12H2,1H3,(H,20,23). The molecule has 2 aliphatic rings. The molecule has 0 bridgehead atoms. The van der Waals surface area contributed by atoms with Gasteiger partial charge in [-0.3, -0.25) is 4.57 Å². The van der Waals surface area contributed by atoms with Gasteiger partial charge in [0.2, 0.25) is 0 Å². The molecule has 2 aromatic rings. The van der Waals surface area contributed by atoms with Crippen molar-refractivity contribution in [1.82, 2.24) is 19.4 Å². The highest BCUT2D eigenvalue weighted by atomic mass is 16.5. The van der Waals surface area contributed by atoms with E-state index in [2.05, 4.69) is 21.8 Å². The van der Waals surface area contributed by atoms with Gasteiger partial charge < -0.3 is 14.6 Å². The summed E-state index contributed by atoms with van der Waals surface area (Å²) in [5.41, 5.74) is 1.60. The van der Waals surface area contributed by atoms with Gasteiger partial charge in [-0.1, -0.05) is 0 Å². The first-order valence-corrected chi connectivity index (χ1v) is 9.10. The quantitative estimate of drug-likeness (QED) is 0.937. The van der Waals surface area contributed by atoms with E-state index in [4.69, 9.17) is 4.74 Å². The third kappa shape index (κ3) is 3.13. The van der Waals surface area contributed by atoms with Crippen LogP contribution in [0.2, 0.25) is 0 Å². The Morgan fingerprint density at radius 3 is 2.96 bits per heavy atom. The van der Waals surface area contributed by atoms with Crippen LogP contribution >= 0.6 is 0 Å². The molecule has 0 radical (unpaired) electrons. The lowest BCUT2D eigenvalue weighted by atomic mass is 9.94. The number of ether oxygens (including phenoxy) is 1. The molecule has 0 saturated carbocycles. The summed E-state index contributed by atoms with van der Waals surface area (Å²) in [6.45, 7) is 6.36. The maximum atomic E-state index is 12.3. The number of likely N-dealkylation sites (tertiary alicyclic amines) is 1. The van der Waals surface area contributed by atoms with Crippen molar-refractivity contribution < 1.29 is 4.74 Å². The van der Waals surface area contributed by atoms with Crippen molar-refractivity contribution in [2.75, 3.05) is 26.2 Å². The Hall–Kier alpha value is -1.66. The topological polar surface area (TPSA) is 63.2 Å². The lowest BCUT2D eigenvalue weighted by Crippen LogP contribution is -2.41. The van der Waals surface area contributed by atoms with Crippen molar-refractivity contribution in [2.24, 2.45) is 5.92 Å². The number of hydrogen-bond acceptors (Lipinski definition) is 4. The Labute approximate surface area is 141 Å². The number of imidazole rings is 1. The molecule has 4 rings (SSSR count). The number of pyridine rings is 1. The highest BCUT2D eigenvalue weighted by molar-refractivity contribution is 5.70. The first kappa shape index (κ1) is 15.8. The minimum atomic E-state index is -0.0274. The second kappa shape index (κ2) is 6.69. The Kier molecular flexibility index (Phi) is 4.41. The molecule has 24 heavy (non-hydrogen) atoms. The van der Waals surface area contributed by atoms with Crippen molar-refractivity contribution in [3.63, 3.8) is 0 Å². The lowest BCUT2D eigenvalue weighted by Gasteiger charge is -2.36. The van der Waals surface area contributed by atoms with Gasteiger partial charge in [0.05, 0.1) is 11.6 Å². The summed E-state index contributed by atoms with van der Waals surface area (Å²) in [7, 11) is 0. The normalized spacial score (nSPS) is 26.9. The van der Waals surface area contributed by atoms with Crippen LogP contribution in [0.3, 0.4) is 0 Å². The number of aromatic amines is 1. The predicted octanol–water partition coefficient (Wildman–Crippen LogP) is 2.18. The summed E-state index contributed by atoms with van der Waals surface area (Å²) >= 11 is 0. The molecule has 2 aliphatic heterocycles. The minimum Gasteiger partial charge on any atom is -0.378 e. The van der Waals surface area contributed by atoms with Crippen LogP contribution in [0, 0.1) is 5.92 Å². The van der Waals surface area contributed by atoms with E-state index >= 15 is 0 Å². The summed E-state index contributed by atoms with van der Waals surface area (Å²) in [5, 5.41) is 0. The zero-order valence-corrected chi connectivity index (χ0v) is 14.3. The first-order valence-electron chi connectivity index (χ1n) is 9.10. The Morgan fingerprint density at radius 2 is 2.17 bits per heavy atom. The third-order valence-corrected chi connectivity index (χ3v) is 5.51. The van der Waals surface area contributed by atoms with Crippen molar-refractivity contribution in [3.05, 3.63) is 28.8 Å². The molecule has 2 unspecified atom stereocenters. The average molecular weight is 330 g/mol. The van der Waals surface area contributed by atoms with Crippen molar-refractivity contribution in [1.29, 1.82) is 0 Å². The molecule has 0 aliphatic carbocycles. The summed E-state index contributed by atoms with van der Waals surface area (Å²) in [6, 6.07) is 4.04. The number of hydrogen-bond donors (Lipinski definition) is 1. The van der Waals surface area contributed by atoms with Gasteiger partial charge in [0, 0.05) is 38.5 Å². The number of H-pyrrole nitrogens is 1. The third-order valence-electron chi connectivity index (χ3n) is 5.51. The number of nitrogens with zero attached hydrogens (tertiary/aromatic N) is 3. The number of aromatic nitrogens is 3. The van der Waals surface area contributed by atoms with Crippen molar-refractivity contribution in [2.45, 2.75) is 44.8 Å². The molecule has 0 amide bonds. The van der Waals surface area contributed by atoms with Crippen LogP contribution in [0.5, 0.6) is 0 Å². The van der Waals surface area contributed by atoms with Gasteiger partial charge in [-0.15, -0.1) is 0 Å². The van der Waals surface area contributed by atoms with Crippen LogP contribution in [0.1, 0.15) is 38.6 Å². The van der Waals surface area contributed by atoms with Crippen LogP contribution in [-0.2, 0) is 4.74 Å². The van der Waals surface area contributed by atoms with E-state index in [0.717, 1.165) is 49.6 Å². The summed E-state index contributed by atoms with van der Waals surface area (Å²) in [4.78, 5) is 22.2. The van der Waals surface area contributed by atoms with Gasteiger partial charge in [-0.2, -0.15) is 0 Å². The fraction of sp³-hybridized carbons (Fsp3) is 0.667. The van der Waals surface area contributed by atoms with Crippen molar-refractivity contribution >= 4 is 11.2 Å². The fourth-order valence-electron chi connectivity index (χ4n) is 4.28. The maximum absolute atomic E-state index is 12.3. The fourth-order valence-corrected chi connectivity index (χ4v) is 4.28. The van der Waals surface area contributed by atoms with E-state index in [9.17, 15) is 4.79 Å². The molecule has 2 aromatic heterocycles. The zero-order valence-electron chi connectivity index (χ0n) is 14.3. The minimum absolute atomic E-state index is 0.0274. The molecule has 0 spiro atoms. The molecule has 6 nitrogen and oxygen atoms in total. The summed E-state index contributed by atoms with van der Waals surface area (Å²) < 4.78 is 7.51. The van der Waals surface area contributed by atoms with Crippen LogP contribution in [0.4, 0.5) is 0 Å². The SMILES string of the molecule is CC1CC(CN2CCC(n3c(=O)[nH]c4cccnc43)CC2)CCO1. The molecule has 2 atom stereocenters. The number of rotatable bonds is 3. The van der Waals surface area contributed by atoms with Crippen LogP contribution < -0.4 is 5.69 Å². The molecule has 2 saturated heterocycles. The van der Waals surface area contributed by atoms with Crippen LogP contribution in [0.25, 0.3) is 11.2 Å². The van der Waals surface area contributed by atoms with E-state index < -0.39 is 0 Å². The van der Waals surface area contributed by atoms with E-state index in [1.54, 1.807) is 6.20 Å². The molecule has 0 aromatic carbocycles. The molecule has 1 N–H and O–H groups in total. The largest absolute Gasteiger partial charge is 0.378 e. The predicted molar refractivity (Wildman–Crippen MR) is 93.2 cm³/mol. The summed E-state index contributed by atoms with van der Waals surface area (Å²) in [5.74, 6) is 0.753. The van der Waals surface area contributed by atoms with Crippen molar-refractivity contribution in [3.8, 4) is 0 Å². The number of piperidine rings is 1. The van der Waals surface area contributed by atoms with Gasteiger partial charge in [0.15, 0.2) is 5.65 Å². The molecule has 2 fully saturated rings. The second-order valence-electron chi connectivity index (χ2n) is 7.28. The first-order chi connectivity index (χ1) is 11.7. The molecular weight excluding hydrogens is 304 g/mol. The maximum Gasteiger partial charge on any atom is 0.327 e. The molecular formula is C18H26N4O2. The van der Waals surface area contributed by atoms with E-state index in [1.165, 1.54) is 19.4 Å². The number of fused-ring (bicyclic) bond motifs is 1. The van der Waals surface area contributed by atoms with Gasteiger partial charge in [-0.25, -0.2) is 9.78 Å². The Morgan fingerprint density at radius 1 is 1.33 bits per heavy atom. The highest BCUT2D eigenvalue weighted by Gasteiger charge is 2.27. The smallest absolute Gasteiger partial charge is 0.327 e. The lowest BCUT2D eigenvalue weighted by molar-refractivity contribution is -0.00779. The zero-order chi connectivity index (χ0) is 16.5. The van der Waals surface area contributed by atoms with Crippen LogP contribution in [-0.4, -0.2) is 51.8 Å². The van der Waals surface area contributed by atoms with Gasteiger partial charge in [-0.05, 0) is 50.7 Å². The van der Waals surface area contributed by atoms with Gasteiger partial charge >= 0.3 is 5.69 Å². The summed E-state index contributed by atoms with van der Waals surface area (Å²) in [6.07, 6.45) is 6.54. The second-order valence-corrected chi connectivity index (χ2v) is 7.28. The van der Waals surface area contributed by atoms with E-state index in [1.807, 2.05) is 16.7 Å². The van der Waals surface area contributed by atoms with Gasteiger partial charge in [0.1, 0.15) is 0 Å². The monoisotopic (exact) mass is 330 g/mol. The van der Waals surface area contributed by atoms with E-state index in [0.29, 0.717) is 6.10 Å². The molecule has 6 heteroatoms. The Balaban J connectivity index is 1.40. The molecule has 130 valence electrons. The van der Waals surface area contributed by atoms with Gasteiger partial charge in [0.25, 0.3) is 0 Å². The Bertz CT molecular complexity index is 745.